The second-order valence-electron chi connectivity index (χ2n) is 3.94. The van der Waals surface area contributed by atoms with Gasteiger partial charge in [-0.05, 0) is 17.7 Å². The van der Waals surface area contributed by atoms with Crippen molar-refractivity contribution in [2.75, 3.05) is 20.8 Å². The summed E-state index contributed by atoms with van der Waals surface area (Å²) in [5.41, 5.74) is 0.917. The molecule has 0 radical (unpaired) electrons. The van der Waals surface area contributed by atoms with Gasteiger partial charge in [0.15, 0.2) is 6.10 Å². The summed E-state index contributed by atoms with van der Waals surface area (Å²) in [7, 11) is 2.63. The molecule has 1 atom stereocenters. The summed E-state index contributed by atoms with van der Waals surface area (Å²) in [6.07, 6.45) is -0.818. The number of nitrogens with one attached hydrogen (secondary N) is 2. The fraction of sp³-hybridized carbons (Fsp3) is 0.385. The highest BCUT2D eigenvalue weighted by molar-refractivity contribution is 6.30. The van der Waals surface area contributed by atoms with E-state index in [1.165, 1.54) is 14.2 Å². The number of amides is 2. The quantitative estimate of drug-likeness (QED) is 0.777. The Morgan fingerprint density at radius 2 is 1.85 bits per heavy atom. The SMILES string of the molecule is COC(=O)[C@H](CNC(=O)NCc1ccc(Cl)cc1)OC. The predicted molar refractivity (Wildman–Crippen MR) is 74.5 cm³/mol. The van der Waals surface area contributed by atoms with E-state index in [0.717, 1.165) is 5.56 Å². The van der Waals surface area contributed by atoms with Crippen LogP contribution >= 0.6 is 11.6 Å². The molecule has 0 heterocycles. The smallest absolute Gasteiger partial charge is 0.336 e. The first kappa shape index (κ1) is 16.3. The molecule has 1 rings (SSSR count). The minimum Gasteiger partial charge on any atom is -0.467 e. The first-order valence-corrected chi connectivity index (χ1v) is 6.31. The van der Waals surface area contributed by atoms with E-state index in [1.807, 2.05) is 12.1 Å². The van der Waals surface area contributed by atoms with Crippen molar-refractivity contribution in [2.24, 2.45) is 0 Å². The lowest BCUT2D eigenvalue weighted by molar-refractivity contribution is -0.151. The number of carbonyl (C=O) groups excluding carboxylic acids is 2. The summed E-state index contributed by atoms with van der Waals surface area (Å²) in [6, 6.07) is 6.72. The number of carbonyl (C=O) groups is 2. The van der Waals surface area contributed by atoms with E-state index in [-0.39, 0.29) is 6.54 Å². The van der Waals surface area contributed by atoms with Gasteiger partial charge < -0.3 is 20.1 Å². The zero-order valence-electron chi connectivity index (χ0n) is 11.3. The number of urea groups is 1. The second kappa shape index (κ2) is 8.39. The fourth-order valence-corrected chi connectivity index (χ4v) is 1.55. The van der Waals surface area contributed by atoms with Crippen molar-refractivity contribution < 1.29 is 19.1 Å². The van der Waals surface area contributed by atoms with Crippen LogP contribution in [-0.2, 0) is 20.8 Å². The average molecular weight is 301 g/mol. The molecule has 0 fully saturated rings. The number of benzene rings is 1. The third-order valence-corrected chi connectivity index (χ3v) is 2.81. The van der Waals surface area contributed by atoms with Gasteiger partial charge in [0.05, 0.1) is 13.7 Å². The van der Waals surface area contributed by atoms with Crippen LogP contribution < -0.4 is 10.6 Å². The molecule has 0 saturated heterocycles. The molecule has 0 spiro atoms. The van der Waals surface area contributed by atoms with Gasteiger partial charge in [-0.15, -0.1) is 0 Å². The summed E-state index contributed by atoms with van der Waals surface area (Å²) >= 11 is 5.76. The summed E-state index contributed by atoms with van der Waals surface area (Å²) in [4.78, 5) is 22.8. The van der Waals surface area contributed by atoms with Crippen LogP contribution in [0.25, 0.3) is 0 Å². The lowest BCUT2D eigenvalue weighted by Gasteiger charge is -2.14. The molecule has 0 aliphatic rings. The van der Waals surface area contributed by atoms with Crippen molar-refractivity contribution in [3.63, 3.8) is 0 Å². The van der Waals surface area contributed by atoms with Gasteiger partial charge in [0.2, 0.25) is 0 Å². The zero-order valence-corrected chi connectivity index (χ0v) is 12.1. The first-order valence-electron chi connectivity index (χ1n) is 5.93. The molecule has 110 valence electrons. The highest BCUT2D eigenvalue weighted by atomic mass is 35.5. The van der Waals surface area contributed by atoms with Gasteiger partial charge in [-0.3, -0.25) is 0 Å². The van der Waals surface area contributed by atoms with E-state index in [0.29, 0.717) is 11.6 Å². The number of esters is 1. The molecule has 0 saturated carbocycles. The van der Waals surface area contributed by atoms with Crippen molar-refractivity contribution in [1.29, 1.82) is 0 Å². The van der Waals surface area contributed by atoms with Crippen molar-refractivity contribution in [3.8, 4) is 0 Å². The number of methoxy groups -OCH3 is 2. The average Bonchev–Trinajstić information content (AvgIpc) is 2.46. The Hall–Kier alpha value is -1.79. The van der Waals surface area contributed by atoms with E-state index in [1.54, 1.807) is 12.1 Å². The van der Waals surface area contributed by atoms with Crippen molar-refractivity contribution in [3.05, 3.63) is 34.9 Å². The molecule has 7 heteroatoms. The molecule has 1 aromatic rings. The van der Waals surface area contributed by atoms with Gasteiger partial charge >= 0.3 is 12.0 Å². The van der Waals surface area contributed by atoms with Crippen molar-refractivity contribution in [1.82, 2.24) is 10.6 Å². The van der Waals surface area contributed by atoms with Gasteiger partial charge in [-0.1, -0.05) is 23.7 Å². The zero-order chi connectivity index (χ0) is 15.0. The van der Waals surface area contributed by atoms with Crippen LogP contribution in [0.1, 0.15) is 5.56 Å². The molecule has 0 aliphatic heterocycles. The monoisotopic (exact) mass is 300 g/mol. The topological polar surface area (TPSA) is 76.7 Å². The van der Waals surface area contributed by atoms with E-state index in [4.69, 9.17) is 16.3 Å². The van der Waals surface area contributed by atoms with Crippen LogP contribution in [0.15, 0.2) is 24.3 Å². The Labute approximate surface area is 122 Å². The number of hydrogen-bond donors (Lipinski definition) is 2. The Kier molecular flexibility index (Phi) is 6.83. The summed E-state index contributed by atoms with van der Waals surface area (Å²) in [5, 5.41) is 5.82. The molecule has 2 amide bonds. The number of ether oxygens (including phenoxy) is 2. The molecule has 0 unspecified atom stereocenters. The van der Waals surface area contributed by atoms with Crippen molar-refractivity contribution in [2.45, 2.75) is 12.6 Å². The molecule has 20 heavy (non-hydrogen) atoms. The lowest BCUT2D eigenvalue weighted by atomic mass is 10.2. The lowest BCUT2D eigenvalue weighted by Crippen LogP contribution is -2.42. The van der Waals surface area contributed by atoms with E-state index >= 15 is 0 Å². The van der Waals surface area contributed by atoms with Gasteiger partial charge in [-0.25, -0.2) is 9.59 Å². The maximum atomic E-state index is 11.6. The Morgan fingerprint density at radius 1 is 1.20 bits per heavy atom. The normalized spacial score (nSPS) is 11.6. The number of hydrogen-bond acceptors (Lipinski definition) is 4. The summed E-state index contributed by atoms with van der Waals surface area (Å²) in [6.45, 7) is 0.397. The third-order valence-electron chi connectivity index (χ3n) is 2.56. The van der Waals surface area contributed by atoms with Crippen molar-refractivity contribution >= 4 is 23.6 Å². The molecule has 6 nitrogen and oxygen atoms in total. The van der Waals surface area contributed by atoms with Gasteiger partial charge in [0.1, 0.15) is 0 Å². The highest BCUT2D eigenvalue weighted by Crippen LogP contribution is 2.08. The van der Waals surface area contributed by atoms with Gasteiger partial charge in [0.25, 0.3) is 0 Å². The molecule has 0 aromatic heterocycles. The van der Waals surface area contributed by atoms with Crippen LogP contribution in [0, 0.1) is 0 Å². The van der Waals surface area contributed by atoms with Gasteiger partial charge in [0, 0.05) is 18.7 Å². The number of rotatable bonds is 6. The first-order chi connectivity index (χ1) is 9.56. The molecule has 1 aromatic carbocycles. The van der Waals surface area contributed by atoms with Crippen LogP contribution in [0.3, 0.4) is 0 Å². The highest BCUT2D eigenvalue weighted by Gasteiger charge is 2.18. The Balaban J connectivity index is 2.33. The van der Waals surface area contributed by atoms with E-state index in [2.05, 4.69) is 15.4 Å². The predicted octanol–water partition coefficient (Wildman–Crippen LogP) is 1.33. The molecule has 0 bridgehead atoms. The minimum atomic E-state index is -0.818. The van der Waals surface area contributed by atoms with Gasteiger partial charge in [-0.2, -0.15) is 0 Å². The van der Waals surface area contributed by atoms with Crippen LogP contribution in [0.5, 0.6) is 0 Å². The Morgan fingerprint density at radius 3 is 2.40 bits per heavy atom. The maximum absolute atomic E-state index is 11.6. The fourth-order valence-electron chi connectivity index (χ4n) is 1.43. The van der Waals surface area contributed by atoms with Crippen LogP contribution in [0.4, 0.5) is 4.79 Å². The second-order valence-corrected chi connectivity index (χ2v) is 4.37. The van der Waals surface area contributed by atoms with Crippen LogP contribution in [0.2, 0.25) is 5.02 Å². The minimum absolute atomic E-state index is 0.0373. The standard InChI is InChI=1S/C13H17ClN2O4/c1-19-11(12(17)20-2)8-16-13(18)15-7-9-3-5-10(14)6-4-9/h3-6,11H,7-8H2,1-2H3,(H2,15,16,18)/t11-/m0/s1. The van der Waals surface area contributed by atoms with Crippen LogP contribution in [-0.4, -0.2) is 38.9 Å². The summed E-state index contributed by atoms with van der Waals surface area (Å²) < 4.78 is 9.43. The molecular formula is C13H17ClN2O4. The summed E-state index contributed by atoms with van der Waals surface area (Å²) in [5.74, 6) is -0.537. The molecule has 2 N–H and O–H groups in total. The number of halogens is 1. The Bertz CT molecular complexity index is 450. The third kappa shape index (κ3) is 5.46. The maximum Gasteiger partial charge on any atom is 0.336 e. The molecule has 0 aliphatic carbocycles. The van der Waals surface area contributed by atoms with E-state index in [9.17, 15) is 9.59 Å². The van der Waals surface area contributed by atoms with E-state index < -0.39 is 18.1 Å². The molecular weight excluding hydrogens is 284 g/mol. The largest absolute Gasteiger partial charge is 0.467 e.